The molecule has 0 saturated carbocycles. The van der Waals surface area contributed by atoms with Gasteiger partial charge in [0.1, 0.15) is 0 Å². The summed E-state index contributed by atoms with van der Waals surface area (Å²) in [5, 5.41) is 26.7. The van der Waals surface area contributed by atoms with Crippen LogP contribution in [-0.2, 0) is 31.3 Å². The van der Waals surface area contributed by atoms with E-state index in [0.717, 1.165) is 11.4 Å². The summed E-state index contributed by atoms with van der Waals surface area (Å²) in [4.78, 5) is 23.0. The third-order valence-electron chi connectivity index (χ3n) is 3.98. The fourth-order valence-electron chi connectivity index (χ4n) is 1.89. The van der Waals surface area contributed by atoms with Crippen LogP contribution in [0.25, 0.3) is 10.6 Å². The number of rotatable bonds is 12. The van der Waals surface area contributed by atoms with Crippen molar-refractivity contribution in [3.63, 3.8) is 0 Å². The number of aliphatic hydroxyl groups is 2. The number of aliphatic hydroxyl groups excluding tert-OH is 2. The molecule has 0 radical (unpaired) electrons. The Bertz CT molecular complexity index is 516. The van der Waals surface area contributed by atoms with E-state index < -0.39 is 12.2 Å². The average molecular weight is 472 g/mol. The third-order valence-corrected chi connectivity index (χ3v) is 3.98. The van der Waals surface area contributed by atoms with Crippen LogP contribution in [0, 0.1) is 23.7 Å². The molecule has 178 valence electrons. The Hall–Kier alpha value is -0.946. The van der Waals surface area contributed by atoms with Gasteiger partial charge in [-0.1, -0.05) is 55.4 Å². The maximum Gasteiger partial charge on any atom is 2.00 e. The zero-order valence-corrected chi connectivity index (χ0v) is 22.7. The largest absolute Gasteiger partial charge is 2.00 e. The molecule has 0 spiro atoms. The third kappa shape index (κ3) is 19.5. The van der Waals surface area contributed by atoms with Gasteiger partial charge in [-0.05, 0) is 37.8 Å². The number of nitrogens with zero attached hydrogens (tertiary/aromatic N) is 2. The predicted octanol–water partition coefficient (Wildman–Crippen LogP) is 5.01. The van der Waals surface area contributed by atoms with E-state index in [1.165, 1.54) is 0 Å². The van der Waals surface area contributed by atoms with E-state index in [1.807, 2.05) is 55.4 Å². The summed E-state index contributed by atoms with van der Waals surface area (Å²) >= 11 is 0. The van der Waals surface area contributed by atoms with Crippen LogP contribution in [-0.4, -0.2) is 47.1 Å². The topological polar surface area (TPSA) is 103 Å². The van der Waals surface area contributed by atoms with E-state index in [9.17, 15) is 9.59 Å². The Morgan fingerprint density at radius 3 is 1.03 bits per heavy atom. The Morgan fingerprint density at radius 2 is 0.871 bits per heavy atom. The predicted molar refractivity (Wildman–Crippen MR) is 125 cm³/mol. The second-order valence-electron chi connectivity index (χ2n) is 8.94. The number of allylic oxidation sites excluding steroid dienone is 4. The molecule has 7 heteroatoms. The van der Waals surface area contributed by atoms with Crippen molar-refractivity contribution in [2.24, 2.45) is 23.7 Å². The van der Waals surface area contributed by atoms with Gasteiger partial charge in [-0.3, -0.25) is 9.59 Å². The first-order valence-electron chi connectivity index (χ1n) is 10.9. The minimum Gasteiger partial charge on any atom is -0.685 e. The van der Waals surface area contributed by atoms with Gasteiger partial charge >= 0.3 is 21.7 Å². The molecular formula is C24H44N2O4Ti. The summed E-state index contributed by atoms with van der Waals surface area (Å²) in [7, 11) is 0. The van der Waals surface area contributed by atoms with Gasteiger partial charge in [0.25, 0.3) is 0 Å². The summed E-state index contributed by atoms with van der Waals surface area (Å²) in [5.41, 5.74) is 1.55. The summed E-state index contributed by atoms with van der Waals surface area (Å²) in [6, 6.07) is 0. The van der Waals surface area contributed by atoms with Crippen molar-refractivity contribution < 1.29 is 41.5 Å². The zero-order valence-electron chi connectivity index (χ0n) is 21.1. The Labute approximate surface area is 205 Å². The molecule has 2 atom stereocenters. The van der Waals surface area contributed by atoms with Crippen LogP contribution in [0.1, 0.15) is 69.2 Å². The number of ketones is 2. The van der Waals surface area contributed by atoms with Crippen LogP contribution >= 0.6 is 0 Å². The molecule has 0 heterocycles. The molecule has 0 aliphatic heterocycles. The molecule has 0 bridgehead atoms. The van der Waals surface area contributed by atoms with Crippen LogP contribution in [0.2, 0.25) is 0 Å². The summed E-state index contributed by atoms with van der Waals surface area (Å²) in [5.74, 6) is 0.611. The molecule has 0 amide bonds. The standard InChI is InChI=1S/2C12H23NO2.Ti/c2*1-8(2)11(13-7-10(5)14)6-12(15)9(3)4;/h2*6,8-10,14H,7H2,1-5H3,(H,13,15);/q;;+2/p-2. The van der Waals surface area contributed by atoms with Gasteiger partial charge in [-0.15, -0.1) is 13.1 Å². The maximum atomic E-state index is 11.5. The Kier molecular flexibility index (Phi) is 20.8. The van der Waals surface area contributed by atoms with E-state index in [1.54, 1.807) is 26.0 Å². The second kappa shape index (κ2) is 18.6. The molecule has 0 aromatic heterocycles. The summed E-state index contributed by atoms with van der Waals surface area (Å²) < 4.78 is 0. The van der Waals surface area contributed by atoms with Crippen molar-refractivity contribution in [1.82, 2.24) is 0 Å². The van der Waals surface area contributed by atoms with Gasteiger partial charge in [-0.2, -0.15) is 11.4 Å². The van der Waals surface area contributed by atoms with Gasteiger partial charge < -0.3 is 20.8 Å². The number of hydrogen-bond donors (Lipinski definition) is 2. The monoisotopic (exact) mass is 472 g/mol. The fraction of sp³-hybridized carbons (Fsp3) is 0.750. The van der Waals surface area contributed by atoms with E-state index in [2.05, 4.69) is 10.6 Å². The zero-order chi connectivity index (χ0) is 24.0. The normalized spacial score (nSPS) is 14.1. The van der Waals surface area contributed by atoms with Crippen molar-refractivity contribution in [1.29, 1.82) is 0 Å². The van der Waals surface area contributed by atoms with Crippen molar-refractivity contribution in [3.8, 4) is 0 Å². The minimum absolute atomic E-state index is 0. The second-order valence-corrected chi connectivity index (χ2v) is 8.94. The first kappa shape index (κ1) is 34.7. The van der Waals surface area contributed by atoms with Gasteiger partial charge in [0.2, 0.25) is 0 Å². The molecule has 0 rings (SSSR count). The van der Waals surface area contributed by atoms with Gasteiger partial charge in [-0.25, -0.2) is 0 Å². The van der Waals surface area contributed by atoms with E-state index in [-0.39, 0.29) is 57.0 Å². The van der Waals surface area contributed by atoms with Gasteiger partial charge in [0.05, 0.1) is 0 Å². The van der Waals surface area contributed by atoms with Crippen LogP contribution in [0.5, 0.6) is 0 Å². The van der Waals surface area contributed by atoms with E-state index in [4.69, 9.17) is 10.2 Å². The molecule has 0 fully saturated rings. The van der Waals surface area contributed by atoms with Crippen LogP contribution in [0.15, 0.2) is 23.5 Å². The number of carbonyl (C=O) groups is 2. The molecule has 2 N–H and O–H groups in total. The molecule has 6 nitrogen and oxygen atoms in total. The molecule has 0 aliphatic carbocycles. The number of carbonyl (C=O) groups excluding carboxylic acids is 2. The molecule has 31 heavy (non-hydrogen) atoms. The maximum absolute atomic E-state index is 11.5. The van der Waals surface area contributed by atoms with Crippen LogP contribution < -0.4 is 0 Å². The quantitative estimate of drug-likeness (QED) is 0.308. The average Bonchev–Trinajstić information content (AvgIpc) is 2.60. The molecule has 2 unspecified atom stereocenters. The first-order valence-corrected chi connectivity index (χ1v) is 10.9. The van der Waals surface area contributed by atoms with Crippen LogP contribution in [0.4, 0.5) is 0 Å². The Balaban J connectivity index is -0.000000490. The molecule has 0 aliphatic rings. The van der Waals surface area contributed by atoms with Crippen molar-refractivity contribution in [3.05, 3.63) is 34.2 Å². The van der Waals surface area contributed by atoms with Crippen molar-refractivity contribution in [2.75, 3.05) is 13.1 Å². The van der Waals surface area contributed by atoms with Crippen molar-refractivity contribution in [2.45, 2.75) is 81.4 Å². The summed E-state index contributed by atoms with van der Waals surface area (Å²) in [6.07, 6.45) is 2.28. The first-order chi connectivity index (χ1) is 13.7. The molecule has 0 aromatic rings. The van der Waals surface area contributed by atoms with Crippen molar-refractivity contribution >= 4 is 11.6 Å². The van der Waals surface area contributed by atoms with E-state index >= 15 is 0 Å². The Morgan fingerprint density at radius 1 is 0.613 bits per heavy atom. The number of hydrogen-bond acceptors (Lipinski definition) is 4. The molecule has 0 saturated heterocycles. The molecule has 0 aromatic carbocycles. The van der Waals surface area contributed by atoms with Gasteiger partial charge in [0, 0.05) is 24.0 Å². The fourth-order valence-corrected chi connectivity index (χ4v) is 1.89. The summed E-state index contributed by atoms with van der Waals surface area (Å²) in [6.45, 7) is 19.5. The SMILES string of the molecule is CC(O)C[N-]C(=CC(=O)C(C)C)C(C)C.CC(O)C[N-]C(=CC(=O)C(C)C)C(C)C.[Ti+2]. The smallest absolute Gasteiger partial charge is 0.685 e. The minimum atomic E-state index is -0.457. The molecular weight excluding hydrogens is 428 g/mol. The van der Waals surface area contributed by atoms with Crippen LogP contribution in [0.3, 0.4) is 0 Å². The van der Waals surface area contributed by atoms with E-state index in [0.29, 0.717) is 13.1 Å². The van der Waals surface area contributed by atoms with Gasteiger partial charge in [0.15, 0.2) is 11.6 Å².